The molecule has 0 amide bonds. The van der Waals surface area contributed by atoms with Gasteiger partial charge in [0.1, 0.15) is 0 Å². The lowest BCUT2D eigenvalue weighted by molar-refractivity contribution is 0.107. The minimum absolute atomic E-state index is 0. The predicted molar refractivity (Wildman–Crippen MR) is 122 cm³/mol. The van der Waals surface area contributed by atoms with Crippen molar-refractivity contribution >= 4 is 29.9 Å². The standard InChI is InChI=1S/C20H39N5.HI/c1-21-19(22-15-18-16-23(2)13-14-24(18)3)25-12-8-11-20(17-25)9-6-4-5-7-10-20;/h18H,4-17H2,1-3H3,(H,21,22);1H. The second-order valence-electron chi connectivity index (χ2n) is 8.76. The molecule has 0 radical (unpaired) electrons. The first-order valence-electron chi connectivity index (χ1n) is 10.5. The third kappa shape index (κ3) is 5.71. The number of likely N-dealkylation sites (N-methyl/N-ethyl adjacent to an activating group) is 2. The van der Waals surface area contributed by atoms with Gasteiger partial charge in [-0.1, -0.05) is 25.7 Å². The average Bonchev–Trinajstić information content (AvgIpc) is 2.84. The van der Waals surface area contributed by atoms with Crippen molar-refractivity contribution in [2.45, 2.75) is 57.4 Å². The molecule has 5 nitrogen and oxygen atoms in total. The molecule has 1 spiro atoms. The third-order valence-electron chi connectivity index (χ3n) is 6.81. The van der Waals surface area contributed by atoms with Crippen LogP contribution in [0.1, 0.15) is 51.4 Å². The number of halogens is 1. The van der Waals surface area contributed by atoms with Crippen molar-refractivity contribution in [3.8, 4) is 0 Å². The Morgan fingerprint density at radius 3 is 2.38 bits per heavy atom. The minimum atomic E-state index is 0. The van der Waals surface area contributed by atoms with E-state index in [-0.39, 0.29) is 24.0 Å². The summed E-state index contributed by atoms with van der Waals surface area (Å²) in [5.41, 5.74) is 0.564. The third-order valence-corrected chi connectivity index (χ3v) is 6.81. The van der Waals surface area contributed by atoms with E-state index in [2.05, 4.69) is 39.1 Å². The summed E-state index contributed by atoms with van der Waals surface area (Å²) in [6.07, 6.45) is 11.3. The van der Waals surface area contributed by atoms with Gasteiger partial charge in [0.2, 0.25) is 0 Å². The Kier molecular flexibility index (Phi) is 8.94. The minimum Gasteiger partial charge on any atom is -0.355 e. The Hall–Kier alpha value is -0.0800. The Balaban J connectivity index is 0.00000243. The number of hydrogen-bond donors (Lipinski definition) is 1. The van der Waals surface area contributed by atoms with Crippen molar-refractivity contribution in [1.82, 2.24) is 20.0 Å². The normalized spacial score (nSPS) is 28.5. The molecular weight excluding hydrogens is 437 g/mol. The maximum absolute atomic E-state index is 4.64. The fourth-order valence-electron chi connectivity index (χ4n) is 5.14. The number of nitrogens with zero attached hydrogens (tertiary/aromatic N) is 4. The van der Waals surface area contributed by atoms with E-state index in [1.807, 2.05) is 7.05 Å². The van der Waals surface area contributed by atoms with Crippen LogP contribution in [-0.4, -0.2) is 87.1 Å². The maximum atomic E-state index is 4.64. The van der Waals surface area contributed by atoms with E-state index in [4.69, 9.17) is 0 Å². The highest BCUT2D eigenvalue weighted by Crippen LogP contribution is 2.42. The van der Waals surface area contributed by atoms with Gasteiger partial charge in [0, 0.05) is 52.4 Å². The molecular formula is C20H40IN5. The molecule has 1 N–H and O–H groups in total. The second kappa shape index (κ2) is 10.5. The van der Waals surface area contributed by atoms with Gasteiger partial charge in [0.15, 0.2) is 5.96 Å². The lowest BCUT2D eigenvalue weighted by Crippen LogP contribution is -2.57. The highest BCUT2D eigenvalue weighted by atomic mass is 127. The molecule has 3 rings (SSSR count). The van der Waals surface area contributed by atoms with Crippen LogP contribution in [0.3, 0.4) is 0 Å². The topological polar surface area (TPSA) is 34.1 Å². The zero-order valence-electron chi connectivity index (χ0n) is 17.2. The van der Waals surface area contributed by atoms with Crippen molar-refractivity contribution in [1.29, 1.82) is 0 Å². The number of piperazine rings is 1. The Bertz CT molecular complexity index is 447. The molecule has 0 aromatic rings. The molecule has 26 heavy (non-hydrogen) atoms. The molecule has 0 aromatic heterocycles. The predicted octanol–water partition coefficient (Wildman–Crippen LogP) is 2.86. The summed E-state index contributed by atoms with van der Waals surface area (Å²) in [5.74, 6) is 1.13. The first-order valence-corrected chi connectivity index (χ1v) is 10.5. The quantitative estimate of drug-likeness (QED) is 0.377. The molecule has 6 heteroatoms. The largest absolute Gasteiger partial charge is 0.355 e. The molecule has 3 fully saturated rings. The van der Waals surface area contributed by atoms with Crippen LogP contribution < -0.4 is 5.32 Å². The van der Waals surface area contributed by atoms with Crippen molar-refractivity contribution in [3.63, 3.8) is 0 Å². The zero-order chi connectivity index (χ0) is 17.7. The number of nitrogens with one attached hydrogen (secondary N) is 1. The molecule has 1 saturated carbocycles. The van der Waals surface area contributed by atoms with E-state index >= 15 is 0 Å². The van der Waals surface area contributed by atoms with E-state index in [0.29, 0.717) is 11.5 Å². The van der Waals surface area contributed by atoms with Crippen LogP contribution in [0.15, 0.2) is 4.99 Å². The van der Waals surface area contributed by atoms with E-state index in [1.165, 1.54) is 71.0 Å². The number of likely N-dealkylation sites (tertiary alicyclic amines) is 1. The highest BCUT2D eigenvalue weighted by Gasteiger charge is 2.36. The molecule has 2 saturated heterocycles. The molecule has 1 unspecified atom stereocenters. The SMILES string of the molecule is CN=C(NCC1CN(C)CCN1C)N1CCCC2(CCCCCC2)C1.I. The molecule has 152 valence electrons. The van der Waals surface area contributed by atoms with Crippen LogP contribution in [0.4, 0.5) is 0 Å². The lowest BCUT2D eigenvalue weighted by Gasteiger charge is -2.44. The molecule has 1 atom stereocenters. The van der Waals surface area contributed by atoms with Gasteiger partial charge in [0.05, 0.1) is 0 Å². The van der Waals surface area contributed by atoms with Crippen LogP contribution in [0.2, 0.25) is 0 Å². The number of hydrogen-bond acceptors (Lipinski definition) is 3. The van der Waals surface area contributed by atoms with Crippen LogP contribution in [-0.2, 0) is 0 Å². The van der Waals surface area contributed by atoms with E-state index in [1.54, 1.807) is 0 Å². The van der Waals surface area contributed by atoms with Crippen LogP contribution >= 0.6 is 24.0 Å². The van der Waals surface area contributed by atoms with Crippen LogP contribution in [0, 0.1) is 5.41 Å². The first-order chi connectivity index (χ1) is 12.1. The van der Waals surface area contributed by atoms with E-state index in [9.17, 15) is 0 Å². The lowest BCUT2D eigenvalue weighted by atomic mass is 9.74. The molecule has 2 heterocycles. The van der Waals surface area contributed by atoms with Gasteiger partial charge >= 0.3 is 0 Å². The van der Waals surface area contributed by atoms with Gasteiger partial charge in [-0.15, -0.1) is 24.0 Å². The van der Waals surface area contributed by atoms with Gasteiger partial charge in [-0.3, -0.25) is 9.89 Å². The summed E-state index contributed by atoms with van der Waals surface area (Å²) < 4.78 is 0. The van der Waals surface area contributed by atoms with Gasteiger partial charge < -0.3 is 15.1 Å². The fraction of sp³-hybridized carbons (Fsp3) is 0.950. The molecule has 3 aliphatic rings. The maximum Gasteiger partial charge on any atom is 0.193 e. The van der Waals surface area contributed by atoms with Crippen molar-refractivity contribution in [2.75, 3.05) is 60.4 Å². The van der Waals surface area contributed by atoms with Crippen molar-refractivity contribution in [3.05, 3.63) is 0 Å². The summed E-state index contributed by atoms with van der Waals surface area (Å²) in [7, 11) is 6.44. The number of aliphatic imine (C=N–C) groups is 1. The summed E-state index contributed by atoms with van der Waals surface area (Å²) in [4.78, 5) is 12.1. The van der Waals surface area contributed by atoms with Crippen molar-refractivity contribution < 1.29 is 0 Å². The highest BCUT2D eigenvalue weighted by molar-refractivity contribution is 14.0. The Labute approximate surface area is 178 Å². The van der Waals surface area contributed by atoms with Crippen molar-refractivity contribution in [2.24, 2.45) is 10.4 Å². The van der Waals surface area contributed by atoms with Gasteiger partial charge in [0.25, 0.3) is 0 Å². The summed E-state index contributed by atoms with van der Waals surface area (Å²) in [5, 5.41) is 3.71. The van der Waals surface area contributed by atoms with E-state index < -0.39 is 0 Å². The molecule has 0 bridgehead atoms. The average molecular weight is 477 g/mol. The van der Waals surface area contributed by atoms with Gasteiger partial charge in [-0.2, -0.15) is 0 Å². The summed E-state index contributed by atoms with van der Waals surface area (Å²) >= 11 is 0. The smallest absolute Gasteiger partial charge is 0.193 e. The van der Waals surface area contributed by atoms with Gasteiger partial charge in [-0.05, 0) is 45.2 Å². The summed E-state index contributed by atoms with van der Waals surface area (Å²) in [6, 6.07) is 0.576. The van der Waals surface area contributed by atoms with E-state index in [0.717, 1.165) is 25.6 Å². The Morgan fingerprint density at radius 1 is 1.00 bits per heavy atom. The first kappa shape index (κ1) is 22.2. The van der Waals surface area contributed by atoms with Gasteiger partial charge in [-0.25, -0.2) is 0 Å². The molecule has 2 aliphatic heterocycles. The Morgan fingerprint density at radius 2 is 1.69 bits per heavy atom. The number of rotatable bonds is 2. The van der Waals surface area contributed by atoms with Crippen LogP contribution in [0.5, 0.6) is 0 Å². The number of guanidine groups is 1. The second-order valence-corrected chi connectivity index (χ2v) is 8.76. The fourth-order valence-corrected chi connectivity index (χ4v) is 5.14. The number of piperidine rings is 1. The monoisotopic (exact) mass is 477 g/mol. The molecule has 0 aromatic carbocycles. The van der Waals surface area contributed by atoms with Crippen LogP contribution in [0.25, 0.3) is 0 Å². The zero-order valence-corrected chi connectivity index (χ0v) is 19.5. The summed E-state index contributed by atoms with van der Waals surface area (Å²) in [6.45, 7) is 6.86. The molecule has 1 aliphatic carbocycles.